The molecule has 4 aromatic rings. The summed E-state index contributed by atoms with van der Waals surface area (Å²) in [5, 5.41) is 10.9. The number of rotatable bonds is 7. The third-order valence-electron chi connectivity index (χ3n) is 8.71. The zero-order chi connectivity index (χ0) is 33.0. The summed E-state index contributed by atoms with van der Waals surface area (Å²) in [5.74, 6) is -0.684. The van der Waals surface area contributed by atoms with Crippen molar-refractivity contribution >= 4 is 11.9 Å². The van der Waals surface area contributed by atoms with Gasteiger partial charge in [0.1, 0.15) is 0 Å². The van der Waals surface area contributed by atoms with Gasteiger partial charge in [0.25, 0.3) is 5.91 Å². The molecular weight excluding hydrogens is 625 g/mol. The molecule has 12 nitrogen and oxygen atoms in total. The number of hydrogen-bond donors (Lipinski definition) is 1. The number of aromatic nitrogens is 3. The number of fused-ring (bicyclic) bond motifs is 3. The second kappa shape index (κ2) is 11.4. The van der Waals surface area contributed by atoms with Crippen LogP contribution in [0.5, 0.6) is 28.7 Å². The molecule has 1 aliphatic carbocycles. The molecule has 4 atom stereocenters. The van der Waals surface area contributed by atoms with E-state index in [4.69, 9.17) is 28.4 Å². The average Bonchev–Trinajstić information content (AvgIpc) is 3.83. The molecule has 47 heavy (non-hydrogen) atoms. The molecule has 3 heterocycles. The minimum Gasteiger partial charge on any atom is -0.493 e. The Morgan fingerprint density at radius 3 is 2.21 bits per heavy atom. The summed E-state index contributed by atoms with van der Waals surface area (Å²) in [6.07, 6.45) is -3.18. The molecule has 0 spiro atoms. The third-order valence-corrected chi connectivity index (χ3v) is 8.71. The number of cyclic esters (lactones) is 1. The summed E-state index contributed by atoms with van der Waals surface area (Å²) in [5.41, 5.74) is 1.45. The van der Waals surface area contributed by atoms with E-state index in [0.29, 0.717) is 45.4 Å². The topological polar surface area (TPSA) is 132 Å². The summed E-state index contributed by atoms with van der Waals surface area (Å²) in [7, 11) is 4.50. The Morgan fingerprint density at radius 1 is 0.936 bits per heavy atom. The fraction of sp³-hybridized carbons (Fsp3) is 0.312. The number of esters is 1. The first-order valence-electron chi connectivity index (χ1n) is 14.4. The van der Waals surface area contributed by atoms with Gasteiger partial charge in [-0.3, -0.25) is 9.59 Å². The van der Waals surface area contributed by atoms with Crippen molar-refractivity contribution in [3.8, 4) is 34.4 Å². The average molecular weight is 653 g/mol. The molecule has 244 valence electrons. The second-order valence-corrected chi connectivity index (χ2v) is 11.1. The van der Waals surface area contributed by atoms with Crippen LogP contribution in [0.1, 0.15) is 44.7 Å². The maximum absolute atomic E-state index is 13.6. The molecule has 1 fully saturated rings. The van der Waals surface area contributed by atoms with E-state index < -0.39 is 47.4 Å². The van der Waals surface area contributed by atoms with Crippen LogP contribution in [0.15, 0.2) is 54.7 Å². The predicted octanol–water partition coefficient (Wildman–Crippen LogP) is 4.45. The van der Waals surface area contributed by atoms with E-state index in [2.05, 4.69) is 15.6 Å². The van der Waals surface area contributed by atoms with E-state index in [-0.39, 0.29) is 24.8 Å². The number of benzene rings is 3. The zero-order valence-electron chi connectivity index (χ0n) is 25.2. The molecule has 7 rings (SSSR count). The van der Waals surface area contributed by atoms with Crippen LogP contribution in [0.3, 0.4) is 0 Å². The minimum absolute atomic E-state index is 0.00601. The highest BCUT2D eigenvalue weighted by atomic mass is 19.4. The van der Waals surface area contributed by atoms with Crippen LogP contribution in [0, 0.1) is 11.8 Å². The number of halogens is 3. The first-order chi connectivity index (χ1) is 22.6. The van der Waals surface area contributed by atoms with Gasteiger partial charge < -0.3 is 33.7 Å². The van der Waals surface area contributed by atoms with Gasteiger partial charge in [0.15, 0.2) is 28.7 Å². The molecule has 0 radical (unpaired) electrons. The van der Waals surface area contributed by atoms with E-state index in [1.54, 1.807) is 24.3 Å². The molecule has 15 heteroatoms. The Labute approximate surface area is 265 Å². The van der Waals surface area contributed by atoms with Gasteiger partial charge in [0, 0.05) is 11.8 Å². The normalized spacial score (nSPS) is 21.0. The number of carbonyl (C=O) groups is 2. The Balaban J connectivity index is 1.27. The number of methoxy groups -OCH3 is 3. The summed E-state index contributed by atoms with van der Waals surface area (Å²) < 4.78 is 73.9. The van der Waals surface area contributed by atoms with E-state index in [0.717, 1.165) is 12.1 Å². The molecule has 0 bridgehead atoms. The monoisotopic (exact) mass is 652 g/mol. The van der Waals surface area contributed by atoms with E-state index in [1.165, 1.54) is 44.3 Å². The molecule has 1 N–H and O–H groups in total. The van der Waals surface area contributed by atoms with E-state index in [1.807, 2.05) is 0 Å². The standard InChI is InChI=1S/C32H27F3N4O8/c1-42-24-8-15(9-25(43-2)29(24)44-3)26-18-10-22-23(47-14-46-22)11-19(18)28(20-13-45-31(41)27(20)26)36-30(40)21-12-39(38-37-21)17-6-4-16(5-7-17)32(33,34)35/h4-12,20,26-28H,13-14H2,1-3H3,(H,36,40)/t20-,26+,27-,28+/m0/s1. The lowest BCUT2D eigenvalue weighted by Crippen LogP contribution is -2.43. The number of alkyl halides is 3. The molecule has 0 unspecified atom stereocenters. The SMILES string of the molecule is COc1cc([C@@H]2c3cc4c(cc3[C@@H](NC(=O)c3cn(-c5ccc(C(F)(F)F)cc5)nn3)[C@H]3COC(=O)[C@H]23)OCO4)cc(OC)c1OC. The van der Waals surface area contributed by atoms with Gasteiger partial charge in [-0.2, -0.15) is 13.2 Å². The Hall–Kier alpha value is -5.47. The Kier molecular flexibility index (Phi) is 7.33. The van der Waals surface area contributed by atoms with Gasteiger partial charge >= 0.3 is 12.1 Å². The van der Waals surface area contributed by atoms with Gasteiger partial charge in [-0.1, -0.05) is 5.21 Å². The van der Waals surface area contributed by atoms with Gasteiger partial charge in [0.05, 0.1) is 57.3 Å². The van der Waals surface area contributed by atoms with Crippen molar-refractivity contribution in [2.45, 2.75) is 18.1 Å². The van der Waals surface area contributed by atoms with Crippen molar-refractivity contribution in [1.82, 2.24) is 20.3 Å². The highest BCUT2D eigenvalue weighted by Gasteiger charge is 2.53. The molecular formula is C32H27F3N4O8. The predicted molar refractivity (Wildman–Crippen MR) is 155 cm³/mol. The van der Waals surface area contributed by atoms with Crippen LogP contribution in [0.4, 0.5) is 13.2 Å². The summed E-state index contributed by atoms with van der Waals surface area (Å²) in [6.45, 7) is 0.0353. The summed E-state index contributed by atoms with van der Waals surface area (Å²) in [4.78, 5) is 27.1. The summed E-state index contributed by atoms with van der Waals surface area (Å²) in [6, 6.07) is 10.7. The minimum atomic E-state index is -4.49. The van der Waals surface area contributed by atoms with Crippen LogP contribution in [0.25, 0.3) is 5.69 Å². The number of amides is 1. The van der Waals surface area contributed by atoms with Gasteiger partial charge in [-0.05, 0) is 65.2 Å². The maximum Gasteiger partial charge on any atom is 0.416 e. The maximum atomic E-state index is 13.6. The largest absolute Gasteiger partial charge is 0.493 e. The molecule has 2 aliphatic heterocycles. The Morgan fingerprint density at radius 2 is 1.60 bits per heavy atom. The molecule has 3 aliphatic rings. The van der Waals surface area contributed by atoms with Crippen LogP contribution in [0.2, 0.25) is 0 Å². The quantitative estimate of drug-likeness (QED) is 0.286. The fourth-order valence-electron chi connectivity index (χ4n) is 6.54. The molecule has 0 saturated carbocycles. The van der Waals surface area contributed by atoms with Gasteiger partial charge in [0.2, 0.25) is 12.5 Å². The van der Waals surface area contributed by atoms with E-state index in [9.17, 15) is 22.8 Å². The van der Waals surface area contributed by atoms with Crippen LogP contribution >= 0.6 is 0 Å². The van der Waals surface area contributed by atoms with Crippen LogP contribution in [-0.2, 0) is 15.7 Å². The van der Waals surface area contributed by atoms with Gasteiger partial charge in [-0.25, -0.2) is 4.68 Å². The van der Waals surface area contributed by atoms with Crippen molar-refractivity contribution in [3.05, 3.63) is 82.7 Å². The number of nitrogens with one attached hydrogen (secondary N) is 1. The lowest BCUT2D eigenvalue weighted by Gasteiger charge is -2.39. The first kappa shape index (κ1) is 30.2. The highest BCUT2D eigenvalue weighted by molar-refractivity contribution is 5.92. The lowest BCUT2D eigenvalue weighted by atomic mass is 9.65. The third kappa shape index (κ3) is 5.11. The Bertz CT molecular complexity index is 1850. The van der Waals surface area contributed by atoms with Crippen molar-refractivity contribution in [1.29, 1.82) is 0 Å². The molecule has 1 amide bonds. The van der Waals surface area contributed by atoms with Crippen molar-refractivity contribution in [3.63, 3.8) is 0 Å². The van der Waals surface area contributed by atoms with Crippen LogP contribution < -0.4 is 29.0 Å². The first-order valence-corrected chi connectivity index (χ1v) is 14.4. The number of carbonyl (C=O) groups excluding carboxylic acids is 2. The molecule has 1 saturated heterocycles. The summed E-state index contributed by atoms with van der Waals surface area (Å²) >= 11 is 0. The lowest BCUT2D eigenvalue weighted by molar-refractivity contribution is -0.141. The van der Waals surface area contributed by atoms with Crippen molar-refractivity contribution < 1.29 is 51.2 Å². The number of ether oxygens (including phenoxy) is 6. The zero-order valence-corrected chi connectivity index (χ0v) is 25.2. The number of hydrogen-bond acceptors (Lipinski definition) is 10. The van der Waals surface area contributed by atoms with Gasteiger partial charge in [-0.15, -0.1) is 5.10 Å². The number of nitrogens with zero attached hydrogens (tertiary/aromatic N) is 3. The highest BCUT2D eigenvalue weighted by Crippen LogP contribution is 2.55. The smallest absolute Gasteiger partial charge is 0.416 e. The molecule has 1 aromatic heterocycles. The van der Waals surface area contributed by atoms with Crippen molar-refractivity contribution in [2.24, 2.45) is 11.8 Å². The molecule has 3 aromatic carbocycles. The second-order valence-electron chi connectivity index (χ2n) is 11.1. The van der Waals surface area contributed by atoms with Crippen LogP contribution in [-0.4, -0.2) is 61.6 Å². The fourth-order valence-corrected chi connectivity index (χ4v) is 6.54. The van der Waals surface area contributed by atoms with Crippen molar-refractivity contribution in [2.75, 3.05) is 34.7 Å². The van der Waals surface area contributed by atoms with E-state index >= 15 is 0 Å².